The average molecular weight is 561 g/mol. The van der Waals surface area contributed by atoms with E-state index in [1.54, 1.807) is 0 Å². The minimum Gasteiger partial charge on any atom is -0.494 e. The van der Waals surface area contributed by atoms with Gasteiger partial charge >= 0.3 is 0 Å². The highest BCUT2D eigenvalue weighted by molar-refractivity contribution is 5.30. The first-order chi connectivity index (χ1) is 20.2. The summed E-state index contributed by atoms with van der Waals surface area (Å²) in [7, 11) is 0. The predicted molar refractivity (Wildman–Crippen MR) is 175 cm³/mol. The Kier molecular flexibility index (Phi) is 14.5. The SMILES string of the molecule is CCCC1CCC(c2ccc(OCCCCCCCCCOc3ccc(C4CCC(CCC)CC4)cc3)cc2)CC1. The zero-order chi connectivity index (χ0) is 28.5. The van der Waals surface area contributed by atoms with E-state index in [1.807, 2.05) is 0 Å². The van der Waals surface area contributed by atoms with Gasteiger partial charge in [-0.3, -0.25) is 0 Å². The fourth-order valence-corrected chi connectivity index (χ4v) is 7.53. The van der Waals surface area contributed by atoms with Crippen LogP contribution in [-0.2, 0) is 0 Å². The van der Waals surface area contributed by atoms with Crippen molar-refractivity contribution in [3.05, 3.63) is 59.7 Å². The van der Waals surface area contributed by atoms with Gasteiger partial charge in [0, 0.05) is 0 Å². The topological polar surface area (TPSA) is 18.5 Å². The van der Waals surface area contributed by atoms with Gasteiger partial charge in [0.15, 0.2) is 0 Å². The van der Waals surface area contributed by atoms with Gasteiger partial charge in [0.25, 0.3) is 0 Å². The summed E-state index contributed by atoms with van der Waals surface area (Å²) in [5, 5.41) is 0. The van der Waals surface area contributed by atoms with Gasteiger partial charge < -0.3 is 9.47 Å². The fraction of sp³-hybridized carbons (Fsp3) is 0.692. The van der Waals surface area contributed by atoms with Crippen LogP contribution in [0.3, 0.4) is 0 Å². The zero-order valence-electron chi connectivity index (χ0n) is 26.6. The van der Waals surface area contributed by atoms with Crippen LogP contribution in [0.1, 0.15) is 159 Å². The van der Waals surface area contributed by atoms with Crippen LogP contribution in [0.15, 0.2) is 48.5 Å². The molecule has 0 aromatic heterocycles. The molecule has 0 heterocycles. The van der Waals surface area contributed by atoms with Crippen LogP contribution in [0.5, 0.6) is 11.5 Å². The first-order valence-electron chi connectivity index (χ1n) is 17.7. The highest BCUT2D eigenvalue weighted by Gasteiger charge is 2.22. The van der Waals surface area contributed by atoms with Crippen LogP contribution in [0.25, 0.3) is 0 Å². The molecule has 4 rings (SSSR count). The molecule has 2 aliphatic rings. The molecule has 2 heteroatoms. The Labute approximate surface area is 253 Å². The molecular formula is C39H60O2. The van der Waals surface area contributed by atoms with E-state index >= 15 is 0 Å². The van der Waals surface area contributed by atoms with Gasteiger partial charge in [0.2, 0.25) is 0 Å². The quantitative estimate of drug-likeness (QED) is 0.169. The van der Waals surface area contributed by atoms with Gasteiger partial charge in [-0.2, -0.15) is 0 Å². The summed E-state index contributed by atoms with van der Waals surface area (Å²) in [4.78, 5) is 0. The number of hydrogen-bond donors (Lipinski definition) is 0. The van der Waals surface area contributed by atoms with E-state index in [1.165, 1.54) is 120 Å². The molecule has 0 unspecified atom stereocenters. The molecule has 2 fully saturated rings. The van der Waals surface area contributed by atoms with E-state index < -0.39 is 0 Å². The highest BCUT2D eigenvalue weighted by atomic mass is 16.5. The van der Waals surface area contributed by atoms with Gasteiger partial charge in [0.05, 0.1) is 13.2 Å². The number of benzene rings is 2. The lowest BCUT2D eigenvalue weighted by Crippen LogP contribution is -2.13. The Bertz CT molecular complexity index is 840. The predicted octanol–water partition coefficient (Wildman–Crippen LogP) is 12.0. The van der Waals surface area contributed by atoms with Crippen molar-refractivity contribution in [2.24, 2.45) is 11.8 Å². The van der Waals surface area contributed by atoms with Crippen molar-refractivity contribution in [1.29, 1.82) is 0 Å². The Morgan fingerprint density at radius 3 is 1.15 bits per heavy atom. The lowest BCUT2D eigenvalue weighted by Gasteiger charge is -2.28. The summed E-state index contributed by atoms with van der Waals surface area (Å²) in [6.07, 6.45) is 25.4. The van der Waals surface area contributed by atoms with E-state index in [0.29, 0.717) is 0 Å². The van der Waals surface area contributed by atoms with Crippen molar-refractivity contribution in [2.75, 3.05) is 13.2 Å². The summed E-state index contributed by atoms with van der Waals surface area (Å²) < 4.78 is 12.1. The average Bonchev–Trinajstić information content (AvgIpc) is 3.02. The normalized spacial score (nSPS) is 22.9. The van der Waals surface area contributed by atoms with Gasteiger partial charge in [-0.05, 0) is 123 Å². The molecular weight excluding hydrogens is 500 g/mol. The monoisotopic (exact) mass is 560 g/mol. The van der Waals surface area contributed by atoms with Crippen LogP contribution in [0.4, 0.5) is 0 Å². The second-order valence-corrected chi connectivity index (χ2v) is 13.3. The molecule has 0 aliphatic heterocycles. The molecule has 0 saturated heterocycles. The highest BCUT2D eigenvalue weighted by Crippen LogP contribution is 2.39. The molecule has 0 bridgehead atoms. The van der Waals surface area contributed by atoms with E-state index in [2.05, 4.69) is 62.4 Å². The number of unbranched alkanes of at least 4 members (excludes halogenated alkanes) is 6. The number of rotatable bonds is 18. The smallest absolute Gasteiger partial charge is 0.119 e. The Balaban J connectivity index is 0.963. The summed E-state index contributed by atoms with van der Waals surface area (Å²) in [6.45, 7) is 6.33. The lowest BCUT2D eigenvalue weighted by atomic mass is 9.77. The molecule has 2 aliphatic carbocycles. The van der Waals surface area contributed by atoms with E-state index in [9.17, 15) is 0 Å². The molecule has 2 aromatic carbocycles. The molecule has 0 amide bonds. The summed E-state index contributed by atoms with van der Waals surface area (Å²) in [6, 6.07) is 18.1. The third-order valence-electron chi connectivity index (χ3n) is 10.1. The van der Waals surface area contributed by atoms with Crippen LogP contribution >= 0.6 is 0 Å². The van der Waals surface area contributed by atoms with Crippen LogP contribution in [0.2, 0.25) is 0 Å². The molecule has 0 radical (unpaired) electrons. The van der Waals surface area contributed by atoms with E-state index in [-0.39, 0.29) is 0 Å². The maximum Gasteiger partial charge on any atom is 0.119 e. The van der Waals surface area contributed by atoms with Gasteiger partial charge in [0.1, 0.15) is 11.5 Å². The lowest BCUT2D eigenvalue weighted by molar-refractivity contribution is 0.298. The largest absolute Gasteiger partial charge is 0.494 e. The second kappa shape index (κ2) is 18.6. The Morgan fingerprint density at radius 2 is 0.805 bits per heavy atom. The molecule has 0 N–H and O–H groups in total. The summed E-state index contributed by atoms with van der Waals surface area (Å²) in [5.41, 5.74) is 3.04. The van der Waals surface area contributed by atoms with Gasteiger partial charge in [-0.1, -0.05) is 95.9 Å². The summed E-state index contributed by atoms with van der Waals surface area (Å²) in [5.74, 6) is 5.56. The first-order valence-corrected chi connectivity index (χ1v) is 17.7. The van der Waals surface area contributed by atoms with Crippen molar-refractivity contribution in [2.45, 2.75) is 148 Å². The van der Waals surface area contributed by atoms with Gasteiger partial charge in [-0.15, -0.1) is 0 Å². The molecule has 0 spiro atoms. The van der Waals surface area contributed by atoms with Crippen LogP contribution in [-0.4, -0.2) is 13.2 Å². The number of ether oxygens (including phenoxy) is 2. The minimum absolute atomic E-state index is 0.764. The molecule has 41 heavy (non-hydrogen) atoms. The maximum atomic E-state index is 6.04. The first kappa shape index (κ1) is 32.0. The molecule has 2 saturated carbocycles. The van der Waals surface area contributed by atoms with Crippen molar-refractivity contribution in [3.63, 3.8) is 0 Å². The number of hydrogen-bond acceptors (Lipinski definition) is 2. The summed E-state index contributed by atoms with van der Waals surface area (Å²) >= 11 is 0. The standard InChI is InChI=1S/C39H60O2/c1-3-12-32-14-18-34(19-15-32)36-22-26-38(27-23-36)40-30-10-8-6-5-7-9-11-31-41-39-28-24-37(25-29-39)35-20-16-33(13-4-2)17-21-35/h22-29,32-35H,3-21,30-31H2,1-2H3. The fourth-order valence-electron chi connectivity index (χ4n) is 7.53. The molecule has 228 valence electrons. The van der Waals surface area contributed by atoms with Crippen molar-refractivity contribution < 1.29 is 9.47 Å². The van der Waals surface area contributed by atoms with Crippen LogP contribution in [0, 0.1) is 11.8 Å². The Hall–Kier alpha value is -1.96. The second-order valence-electron chi connectivity index (χ2n) is 13.3. The minimum atomic E-state index is 0.764. The molecule has 0 atom stereocenters. The van der Waals surface area contributed by atoms with Crippen molar-refractivity contribution in [1.82, 2.24) is 0 Å². The third kappa shape index (κ3) is 11.3. The molecule has 2 aromatic rings. The van der Waals surface area contributed by atoms with Crippen LogP contribution < -0.4 is 9.47 Å². The van der Waals surface area contributed by atoms with E-state index in [0.717, 1.165) is 61.2 Å². The van der Waals surface area contributed by atoms with Crippen molar-refractivity contribution >= 4 is 0 Å². The zero-order valence-corrected chi connectivity index (χ0v) is 26.6. The third-order valence-corrected chi connectivity index (χ3v) is 10.1. The van der Waals surface area contributed by atoms with Gasteiger partial charge in [-0.25, -0.2) is 0 Å². The van der Waals surface area contributed by atoms with Crippen molar-refractivity contribution in [3.8, 4) is 11.5 Å². The molecule has 2 nitrogen and oxygen atoms in total. The Morgan fingerprint density at radius 1 is 0.463 bits per heavy atom. The van der Waals surface area contributed by atoms with E-state index in [4.69, 9.17) is 9.47 Å². The maximum absolute atomic E-state index is 6.04.